The molecule has 2 rings (SSSR count). The van der Waals surface area contributed by atoms with E-state index in [2.05, 4.69) is 35.9 Å². The minimum absolute atomic E-state index is 0.363. The van der Waals surface area contributed by atoms with E-state index in [1.807, 2.05) is 26.8 Å². The molecule has 0 bridgehead atoms. The minimum Gasteiger partial charge on any atom is -0.444 e. The van der Waals surface area contributed by atoms with Gasteiger partial charge in [-0.2, -0.15) is 0 Å². The van der Waals surface area contributed by atoms with E-state index in [1.165, 1.54) is 0 Å². The highest BCUT2D eigenvalue weighted by Crippen LogP contribution is 2.21. The molecule has 2 aromatic rings. The zero-order valence-corrected chi connectivity index (χ0v) is 18.5. The predicted octanol–water partition coefficient (Wildman–Crippen LogP) is 3.97. The lowest BCUT2D eigenvalue weighted by Gasteiger charge is -2.19. The number of nitrogens with zero attached hydrogens (tertiary/aromatic N) is 2. The molecule has 0 aliphatic heterocycles. The minimum atomic E-state index is -0.488. The first-order valence-electron chi connectivity index (χ1n) is 10.4. The van der Waals surface area contributed by atoms with E-state index >= 15 is 0 Å². The van der Waals surface area contributed by atoms with Crippen LogP contribution in [0.25, 0.3) is 11.0 Å². The highest BCUT2D eigenvalue weighted by atomic mass is 16.6. The molecule has 0 spiro atoms. The van der Waals surface area contributed by atoms with Crippen LogP contribution in [0.2, 0.25) is 0 Å². The number of hydrogen-bond acceptors (Lipinski definition) is 5. The molecular formula is C22H36N4O3. The molecular weight excluding hydrogens is 368 g/mol. The molecule has 29 heavy (non-hydrogen) atoms. The summed E-state index contributed by atoms with van der Waals surface area (Å²) in [6.07, 6.45) is 2.25. The summed E-state index contributed by atoms with van der Waals surface area (Å²) >= 11 is 0. The number of aryl methyl sites for hydroxylation is 1. The molecule has 1 aromatic carbocycles. The van der Waals surface area contributed by atoms with Crippen LogP contribution in [0.3, 0.4) is 0 Å². The molecule has 0 unspecified atom stereocenters. The van der Waals surface area contributed by atoms with Gasteiger partial charge in [0.25, 0.3) is 0 Å². The third-order valence-corrected chi connectivity index (χ3v) is 4.48. The van der Waals surface area contributed by atoms with Crippen LogP contribution in [0.4, 0.5) is 4.79 Å². The summed E-state index contributed by atoms with van der Waals surface area (Å²) in [6, 6.07) is 6.16. The zero-order chi connectivity index (χ0) is 21.4. The Morgan fingerprint density at radius 2 is 2.07 bits per heavy atom. The number of carbonyl (C=O) groups excluding carboxylic acids is 1. The van der Waals surface area contributed by atoms with Gasteiger partial charge < -0.3 is 25.1 Å². The van der Waals surface area contributed by atoms with Crippen molar-refractivity contribution in [3.05, 3.63) is 29.6 Å². The van der Waals surface area contributed by atoms with Crippen molar-refractivity contribution in [1.29, 1.82) is 0 Å². The number of para-hydroxylation sites is 1. The second-order valence-electron chi connectivity index (χ2n) is 8.70. The lowest BCUT2D eigenvalue weighted by atomic mass is 10.1. The van der Waals surface area contributed by atoms with Gasteiger partial charge in [0.15, 0.2) is 0 Å². The molecule has 0 radical (unpaired) electrons. The van der Waals surface area contributed by atoms with Crippen LogP contribution in [-0.4, -0.2) is 34.4 Å². The Morgan fingerprint density at radius 1 is 1.31 bits per heavy atom. The van der Waals surface area contributed by atoms with Crippen molar-refractivity contribution >= 4 is 17.1 Å². The van der Waals surface area contributed by atoms with Crippen LogP contribution >= 0.6 is 0 Å². The van der Waals surface area contributed by atoms with Crippen molar-refractivity contribution in [2.75, 3.05) is 13.2 Å². The molecule has 1 amide bonds. The Morgan fingerprint density at radius 3 is 2.72 bits per heavy atom. The molecule has 7 heteroatoms. The quantitative estimate of drug-likeness (QED) is 0.585. The largest absolute Gasteiger partial charge is 0.444 e. The molecule has 1 aromatic heterocycles. The first kappa shape index (κ1) is 23.2. The molecule has 3 N–H and O–H groups in total. The van der Waals surface area contributed by atoms with Crippen LogP contribution in [0.15, 0.2) is 18.2 Å². The van der Waals surface area contributed by atoms with Gasteiger partial charge >= 0.3 is 6.09 Å². The molecule has 0 aliphatic rings. The number of nitrogens with one attached hydrogen (secondary N) is 1. The van der Waals surface area contributed by atoms with Crippen LogP contribution in [0.1, 0.15) is 58.8 Å². The van der Waals surface area contributed by atoms with Crippen molar-refractivity contribution in [2.45, 2.75) is 72.8 Å². The number of nitrogens with two attached hydrogens (primary N) is 1. The molecule has 0 aliphatic carbocycles. The molecule has 0 atom stereocenters. The number of aromatic nitrogens is 2. The summed E-state index contributed by atoms with van der Waals surface area (Å²) in [5, 5.41) is 2.80. The number of rotatable bonds is 10. The highest BCUT2D eigenvalue weighted by Gasteiger charge is 2.16. The number of alkyl carbamates (subject to hydrolysis) is 1. The van der Waals surface area contributed by atoms with Gasteiger partial charge in [-0.05, 0) is 57.6 Å². The Kier molecular flexibility index (Phi) is 8.46. The fraction of sp³-hybridized carbons (Fsp3) is 0.636. The smallest absolute Gasteiger partial charge is 0.407 e. The fourth-order valence-corrected chi connectivity index (χ4v) is 3.01. The number of carbonyl (C=O) groups is 1. The first-order valence-corrected chi connectivity index (χ1v) is 10.4. The maximum Gasteiger partial charge on any atom is 0.407 e. The maximum atomic E-state index is 11.8. The van der Waals surface area contributed by atoms with E-state index in [9.17, 15) is 4.79 Å². The van der Waals surface area contributed by atoms with Gasteiger partial charge in [0.2, 0.25) is 0 Å². The van der Waals surface area contributed by atoms with Crippen LogP contribution in [0.5, 0.6) is 0 Å². The number of hydrogen-bond donors (Lipinski definition) is 2. The number of benzene rings is 1. The number of fused-ring (bicyclic) bond motifs is 1. The van der Waals surface area contributed by atoms with Crippen molar-refractivity contribution in [3.63, 3.8) is 0 Å². The van der Waals surface area contributed by atoms with E-state index in [1.54, 1.807) is 0 Å². The molecule has 1 heterocycles. The van der Waals surface area contributed by atoms with Crippen molar-refractivity contribution in [3.8, 4) is 0 Å². The Labute approximate surface area is 174 Å². The third kappa shape index (κ3) is 7.33. The van der Waals surface area contributed by atoms with E-state index in [0.717, 1.165) is 48.3 Å². The Bertz CT molecular complexity index is 793. The predicted molar refractivity (Wildman–Crippen MR) is 116 cm³/mol. The van der Waals surface area contributed by atoms with Gasteiger partial charge in [-0.25, -0.2) is 9.78 Å². The zero-order valence-electron chi connectivity index (χ0n) is 18.5. The average molecular weight is 405 g/mol. The molecule has 0 fully saturated rings. The van der Waals surface area contributed by atoms with Gasteiger partial charge in [0.1, 0.15) is 18.2 Å². The van der Waals surface area contributed by atoms with Crippen molar-refractivity contribution in [1.82, 2.24) is 14.9 Å². The summed E-state index contributed by atoms with van der Waals surface area (Å²) < 4.78 is 13.2. The van der Waals surface area contributed by atoms with Crippen molar-refractivity contribution in [2.24, 2.45) is 11.7 Å². The van der Waals surface area contributed by atoms with Crippen LogP contribution in [0, 0.1) is 5.92 Å². The lowest BCUT2D eigenvalue weighted by molar-refractivity contribution is 0.0527. The van der Waals surface area contributed by atoms with E-state index in [0.29, 0.717) is 25.7 Å². The number of amides is 1. The molecule has 0 saturated heterocycles. The van der Waals surface area contributed by atoms with E-state index < -0.39 is 5.60 Å². The monoisotopic (exact) mass is 404 g/mol. The van der Waals surface area contributed by atoms with Gasteiger partial charge in [-0.15, -0.1) is 0 Å². The average Bonchev–Trinajstić information content (AvgIpc) is 2.99. The van der Waals surface area contributed by atoms with E-state index in [-0.39, 0.29) is 6.09 Å². The number of imidazole rings is 1. The lowest BCUT2D eigenvalue weighted by Crippen LogP contribution is -2.33. The number of ether oxygens (including phenoxy) is 2. The van der Waals surface area contributed by atoms with E-state index in [4.69, 9.17) is 20.2 Å². The van der Waals surface area contributed by atoms with Gasteiger partial charge in [-0.3, -0.25) is 0 Å². The maximum absolute atomic E-state index is 11.8. The normalized spacial score (nSPS) is 12.0. The second kappa shape index (κ2) is 10.6. The van der Waals surface area contributed by atoms with Crippen LogP contribution in [-0.2, 0) is 29.2 Å². The standard InChI is InChI=1S/C22H36N4O3/c1-16(2)11-13-28-15-26-18-10-6-8-17(20(18)25-19(26)14-23)9-7-12-24-21(27)29-22(3,4)5/h6,8,10,16H,7,9,11-15,23H2,1-5H3,(H,24,27). The molecule has 162 valence electrons. The molecule has 7 nitrogen and oxygen atoms in total. The van der Waals surface area contributed by atoms with Gasteiger partial charge in [0, 0.05) is 13.2 Å². The highest BCUT2D eigenvalue weighted by molar-refractivity contribution is 5.79. The summed E-state index contributed by atoms with van der Waals surface area (Å²) in [5.74, 6) is 1.44. The Balaban J connectivity index is 1.99. The topological polar surface area (TPSA) is 91.4 Å². The summed E-state index contributed by atoms with van der Waals surface area (Å²) in [6.45, 7) is 12.0. The second-order valence-corrected chi connectivity index (χ2v) is 8.70. The third-order valence-electron chi connectivity index (χ3n) is 4.48. The van der Waals surface area contributed by atoms with Gasteiger partial charge in [-0.1, -0.05) is 26.0 Å². The first-order chi connectivity index (χ1) is 13.7. The van der Waals surface area contributed by atoms with Crippen molar-refractivity contribution < 1.29 is 14.3 Å². The summed E-state index contributed by atoms with van der Waals surface area (Å²) in [7, 11) is 0. The van der Waals surface area contributed by atoms with Gasteiger partial charge in [0.05, 0.1) is 17.6 Å². The Hall–Kier alpha value is -2.12. The summed E-state index contributed by atoms with van der Waals surface area (Å²) in [5.41, 5.74) is 8.57. The summed E-state index contributed by atoms with van der Waals surface area (Å²) in [4.78, 5) is 16.5. The SMILES string of the molecule is CC(C)CCOCn1c(CN)nc2c(CCCNC(=O)OC(C)(C)C)cccc21. The molecule has 0 saturated carbocycles. The van der Waals surface area contributed by atoms with Crippen LogP contribution < -0.4 is 11.1 Å². The fourth-order valence-electron chi connectivity index (χ4n) is 3.01.